The predicted molar refractivity (Wildman–Crippen MR) is 132 cm³/mol. The first kappa shape index (κ1) is 30.8. The van der Waals surface area contributed by atoms with Crippen LogP contribution in [0.25, 0.3) is 0 Å². The summed E-state index contributed by atoms with van der Waals surface area (Å²) in [6, 6.07) is 3.30. The summed E-state index contributed by atoms with van der Waals surface area (Å²) in [7, 11) is 1.26. The number of benzene rings is 2. The molecule has 3 N–H and O–H groups in total. The van der Waals surface area contributed by atoms with Gasteiger partial charge in [0.15, 0.2) is 11.5 Å². The van der Waals surface area contributed by atoms with Gasteiger partial charge in [-0.05, 0) is 42.5 Å². The summed E-state index contributed by atoms with van der Waals surface area (Å²) in [5.74, 6) is -3.32. The monoisotopic (exact) mass is 602 g/mol. The summed E-state index contributed by atoms with van der Waals surface area (Å²) in [6.07, 6.45) is -11.7. The van der Waals surface area contributed by atoms with Crippen molar-refractivity contribution in [1.29, 1.82) is 0 Å². The third kappa shape index (κ3) is 6.06. The first-order valence-corrected chi connectivity index (χ1v) is 12.4. The molecule has 2 amide bonds. The maximum absolute atomic E-state index is 13.7. The Labute approximate surface area is 234 Å². The predicted octanol–water partition coefficient (Wildman–Crippen LogP) is 2.85. The summed E-state index contributed by atoms with van der Waals surface area (Å²) in [5.41, 5.74) is -1.59. The molecule has 2 aliphatic rings. The van der Waals surface area contributed by atoms with Gasteiger partial charge in [-0.2, -0.15) is 26.3 Å². The molecule has 15 heteroatoms. The first-order valence-electron chi connectivity index (χ1n) is 12.4. The van der Waals surface area contributed by atoms with Crippen molar-refractivity contribution in [2.75, 3.05) is 26.8 Å². The molecule has 1 aliphatic carbocycles. The Kier molecular flexibility index (Phi) is 8.55. The average Bonchev–Trinajstić information content (AvgIpc) is 3.33. The largest absolute Gasteiger partial charge is 0.493 e. The lowest BCUT2D eigenvalue weighted by Crippen LogP contribution is -2.57. The van der Waals surface area contributed by atoms with E-state index in [0.29, 0.717) is 30.6 Å². The standard InChI is InChI=1S/C27H24F6N2O7/c1-41-19-9-13(11-37)8-16-20-17(24(39)34-6-7-36)10-18(21(38)23(20)42-22(16)19)35(12-26(28,29)30)25(40)14-2-4-15(5-3-14)27(31,32)33/h2-5,8-11,18,20-21,23,36,38H,6-7,12H2,1H3,(H,34,39). The molecule has 226 valence electrons. The van der Waals surface area contributed by atoms with Crippen LogP contribution in [0.1, 0.15) is 37.8 Å². The van der Waals surface area contributed by atoms with Gasteiger partial charge in [0.25, 0.3) is 5.91 Å². The smallest absolute Gasteiger partial charge is 0.416 e. The number of carbonyl (C=O) groups excluding carboxylic acids is 3. The zero-order valence-electron chi connectivity index (χ0n) is 21.7. The molecule has 0 bridgehead atoms. The van der Waals surface area contributed by atoms with E-state index >= 15 is 0 Å². The van der Waals surface area contributed by atoms with Gasteiger partial charge in [-0.3, -0.25) is 14.4 Å². The zero-order chi connectivity index (χ0) is 31.0. The number of amides is 2. The summed E-state index contributed by atoms with van der Waals surface area (Å²) in [6.45, 7) is -2.66. The van der Waals surface area contributed by atoms with E-state index in [-0.39, 0.29) is 39.6 Å². The number of halogens is 6. The van der Waals surface area contributed by atoms with Crippen LogP contribution in [-0.4, -0.2) is 84.4 Å². The normalized spacial score (nSPS) is 21.4. The molecule has 4 rings (SSSR count). The number of aliphatic hydroxyl groups is 2. The van der Waals surface area contributed by atoms with Gasteiger partial charge in [0.1, 0.15) is 25.0 Å². The van der Waals surface area contributed by atoms with Crippen LogP contribution in [0.4, 0.5) is 26.3 Å². The van der Waals surface area contributed by atoms with E-state index in [2.05, 4.69) is 5.32 Å². The fourth-order valence-electron chi connectivity index (χ4n) is 5.03. The van der Waals surface area contributed by atoms with Gasteiger partial charge in [0, 0.05) is 28.8 Å². The lowest BCUT2D eigenvalue weighted by atomic mass is 9.77. The fraction of sp³-hybridized carbons (Fsp3) is 0.370. The SMILES string of the molecule is COc1cc(C=O)cc2c1OC1C2C(C(=O)NCCO)=CC(N(CC(F)(F)F)C(=O)c2ccc(C(F)(F)F)cc2)C1O. The van der Waals surface area contributed by atoms with Gasteiger partial charge in [-0.15, -0.1) is 0 Å². The molecular formula is C27H24F6N2O7. The van der Waals surface area contributed by atoms with Crippen molar-refractivity contribution >= 4 is 18.1 Å². The highest BCUT2D eigenvalue weighted by Crippen LogP contribution is 2.51. The molecule has 2 aromatic carbocycles. The highest BCUT2D eigenvalue weighted by atomic mass is 19.4. The molecule has 4 atom stereocenters. The van der Waals surface area contributed by atoms with Crippen molar-refractivity contribution in [3.63, 3.8) is 0 Å². The number of alkyl halides is 6. The minimum Gasteiger partial charge on any atom is -0.493 e. The lowest BCUT2D eigenvalue weighted by Gasteiger charge is -2.40. The molecule has 0 saturated heterocycles. The third-order valence-electron chi connectivity index (χ3n) is 6.84. The number of aldehydes is 1. The highest BCUT2D eigenvalue weighted by Gasteiger charge is 2.52. The number of nitrogens with one attached hydrogen (secondary N) is 1. The Morgan fingerprint density at radius 1 is 1.12 bits per heavy atom. The second-order valence-electron chi connectivity index (χ2n) is 9.53. The zero-order valence-corrected chi connectivity index (χ0v) is 21.7. The van der Waals surface area contributed by atoms with Crippen LogP contribution in [0.5, 0.6) is 11.5 Å². The van der Waals surface area contributed by atoms with Crippen molar-refractivity contribution in [2.45, 2.75) is 36.5 Å². The number of hydrogen-bond acceptors (Lipinski definition) is 7. The minimum atomic E-state index is -5.02. The lowest BCUT2D eigenvalue weighted by molar-refractivity contribution is -0.149. The number of hydrogen-bond donors (Lipinski definition) is 3. The van der Waals surface area contributed by atoms with Crippen LogP contribution in [0, 0.1) is 0 Å². The molecule has 1 heterocycles. The Balaban J connectivity index is 1.83. The maximum atomic E-state index is 13.7. The molecule has 0 fully saturated rings. The van der Waals surface area contributed by atoms with Gasteiger partial charge < -0.3 is 29.9 Å². The summed E-state index contributed by atoms with van der Waals surface area (Å²) in [4.78, 5) is 38.3. The summed E-state index contributed by atoms with van der Waals surface area (Å²) in [5, 5.41) is 22.9. The Hall–Kier alpha value is -4.11. The van der Waals surface area contributed by atoms with E-state index in [1.165, 1.54) is 19.2 Å². The van der Waals surface area contributed by atoms with Crippen LogP contribution in [0.3, 0.4) is 0 Å². The molecule has 42 heavy (non-hydrogen) atoms. The summed E-state index contributed by atoms with van der Waals surface area (Å²) >= 11 is 0. The van der Waals surface area contributed by atoms with Crippen molar-refractivity contribution < 1.29 is 60.4 Å². The van der Waals surface area contributed by atoms with Crippen LogP contribution < -0.4 is 14.8 Å². The number of fused-ring (bicyclic) bond motifs is 3. The molecule has 9 nitrogen and oxygen atoms in total. The summed E-state index contributed by atoms with van der Waals surface area (Å²) < 4.78 is 91.4. The van der Waals surface area contributed by atoms with Crippen LogP contribution in [0.15, 0.2) is 48.0 Å². The second-order valence-corrected chi connectivity index (χ2v) is 9.53. The van der Waals surface area contributed by atoms with Crippen LogP contribution >= 0.6 is 0 Å². The van der Waals surface area contributed by atoms with E-state index in [0.717, 1.165) is 6.08 Å². The second kappa shape index (κ2) is 11.6. The highest BCUT2D eigenvalue weighted by molar-refractivity contribution is 5.98. The van der Waals surface area contributed by atoms with Gasteiger partial charge >= 0.3 is 12.4 Å². The maximum Gasteiger partial charge on any atom is 0.416 e. The van der Waals surface area contributed by atoms with Crippen molar-refractivity contribution in [3.05, 3.63) is 70.3 Å². The van der Waals surface area contributed by atoms with Gasteiger partial charge in [0.05, 0.1) is 31.2 Å². The molecule has 0 aromatic heterocycles. The number of ether oxygens (including phenoxy) is 2. The van der Waals surface area contributed by atoms with E-state index in [1.54, 1.807) is 0 Å². The number of nitrogens with zero attached hydrogens (tertiary/aromatic N) is 1. The third-order valence-corrected chi connectivity index (χ3v) is 6.84. The molecule has 4 unspecified atom stereocenters. The molecule has 2 aromatic rings. The van der Waals surface area contributed by atoms with Gasteiger partial charge in [-0.1, -0.05) is 0 Å². The average molecular weight is 602 g/mol. The number of rotatable bonds is 8. The Morgan fingerprint density at radius 3 is 2.33 bits per heavy atom. The fourth-order valence-corrected chi connectivity index (χ4v) is 5.03. The number of methoxy groups -OCH3 is 1. The van der Waals surface area contributed by atoms with E-state index in [1.807, 2.05) is 0 Å². The van der Waals surface area contributed by atoms with Crippen molar-refractivity contribution in [3.8, 4) is 11.5 Å². The van der Waals surface area contributed by atoms with Gasteiger partial charge in [-0.25, -0.2) is 0 Å². The molecule has 0 saturated carbocycles. The number of carbonyl (C=O) groups is 3. The van der Waals surface area contributed by atoms with E-state index in [4.69, 9.17) is 9.47 Å². The van der Waals surface area contributed by atoms with Gasteiger partial charge in [0.2, 0.25) is 5.91 Å². The minimum absolute atomic E-state index is 0.00935. The Morgan fingerprint density at radius 2 is 1.79 bits per heavy atom. The van der Waals surface area contributed by atoms with Crippen LogP contribution in [-0.2, 0) is 11.0 Å². The van der Waals surface area contributed by atoms with Crippen molar-refractivity contribution in [1.82, 2.24) is 10.2 Å². The molecule has 1 aliphatic heterocycles. The van der Waals surface area contributed by atoms with E-state index < -0.39 is 72.6 Å². The number of aliphatic hydroxyl groups excluding tert-OH is 2. The molecule has 0 spiro atoms. The quantitative estimate of drug-likeness (QED) is 0.314. The first-order chi connectivity index (χ1) is 19.7. The molecular weight excluding hydrogens is 578 g/mol. The van der Waals surface area contributed by atoms with Crippen molar-refractivity contribution in [2.24, 2.45) is 0 Å². The van der Waals surface area contributed by atoms with E-state index in [9.17, 15) is 50.9 Å². The molecule has 0 radical (unpaired) electrons. The topological polar surface area (TPSA) is 125 Å². The Bertz CT molecular complexity index is 1390. The van der Waals surface area contributed by atoms with Crippen LogP contribution in [0.2, 0.25) is 0 Å².